The highest BCUT2D eigenvalue weighted by molar-refractivity contribution is 7.88. The number of sulfonamides is 1. The lowest BCUT2D eigenvalue weighted by Gasteiger charge is -2.30. The van der Waals surface area contributed by atoms with Gasteiger partial charge in [0.05, 0.1) is 23.8 Å². The van der Waals surface area contributed by atoms with E-state index in [1.165, 1.54) is 10.6 Å². The second-order valence-corrected chi connectivity index (χ2v) is 8.02. The van der Waals surface area contributed by atoms with Crippen molar-refractivity contribution in [3.05, 3.63) is 18.2 Å². The number of hydrogen-bond donors (Lipinski definition) is 2. The number of anilines is 2. The molecule has 0 saturated carbocycles. The van der Waals surface area contributed by atoms with Crippen molar-refractivity contribution in [1.82, 2.24) is 14.3 Å². The Hall–Kier alpha value is -2.13. The van der Waals surface area contributed by atoms with Gasteiger partial charge in [0.2, 0.25) is 16.0 Å². The highest BCUT2D eigenvalue weighted by Crippen LogP contribution is 2.30. The van der Waals surface area contributed by atoms with Gasteiger partial charge in [-0.3, -0.25) is 0 Å². The molecule has 2 aromatic rings. The number of nitrogens with two attached hydrogens (primary N) is 2. The number of hydrogen-bond acceptors (Lipinski definition) is 7. The van der Waals surface area contributed by atoms with Crippen LogP contribution in [0.15, 0.2) is 18.2 Å². The quantitative estimate of drug-likeness (QED) is 0.836. The maximum atomic E-state index is 11.5. The van der Waals surface area contributed by atoms with Crippen molar-refractivity contribution in [2.24, 2.45) is 5.92 Å². The topological polar surface area (TPSA) is 124 Å². The van der Waals surface area contributed by atoms with Crippen LogP contribution in [-0.4, -0.2) is 48.6 Å². The Bertz CT molecular complexity index is 848. The Morgan fingerprint density at radius 1 is 1.25 bits per heavy atom. The van der Waals surface area contributed by atoms with Crippen molar-refractivity contribution in [3.63, 3.8) is 0 Å². The van der Waals surface area contributed by atoms with Crippen LogP contribution in [0, 0.1) is 5.92 Å². The molecule has 0 spiro atoms. The first-order chi connectivity index (χ1) is 11.3. The average Bonchev–Trinajstić information content (AvgIpc) is 2.52. The molecule has 0 bridgehead atoms. The number of nitrogens with zero attached hydrogens (tertiary/aromatic N) is 3. The summed E-state index contributed by atoms with van der Waals surface area (Å²) in [6.07, 6.45) is 2.79. The average molecular weight is 351 g/mol. The smallest absolute Gasteiger partial charge is 0.222 e. The van der Waals surface area contributed by atoms with Gasteiger partial charge in [-0.2, -0.15) is 4.98 Å². The predicted molar refractivity (Wildman–Crippen MR) is 93.0 cm³/mol. The van der Waals surface area contributed by atoms with E-state index in [2.05, 4.69) is 9.97 Å². The van der Waals surface area contributed by atoms with Crippen LogP contribution >= 0.6 is 0 Å². The molecule has 24 heavy (non-hydrogen) atoms. The van der Waals surface area contributed by atoms with E-state index in [9.17, 15) is 8.42 Å². The molecule has 130 valence electrons. The Kier molecular flexibility index (Phi) is 4.46. The van der Waals surface area contributed by atoms with Crippen molar-refractivity contribution in [2.75, 3.05) is 37.4 Å². The molecule has 1 saturated heterocycles. The van der Waals surface area contributed by atoms with Gasteiger partial charge in [0, 0.05) is 13.1 Å². The van der Waals surface area contributed by atoms with E-state index in [1.807, 2.05) is 12.1 Å². The standard InChI is InChI=1S/C15H21N5O3S/c1-24(21,22)20-7-5-10(6-8-20)9-23-12-4-2-3-11-13(12)14(16)19-15(17)18-11/h2-4,10H,5-9H2,1H3,(H4,16,17,18,19). The van der Waals surface area contributed by atoms with E-state index in [0.717, 1.165) is 12.8 Å². The van der Waals surface area contributed by atoms with Gasteiger partial charge in [0.25, 0.3) is 0 Å². The second-order valence-electron chi connectivity index (χ2n) is 6.03. The minimum Gasteiger partial charge on any atom is -0.492 e. The summed E-state index contributed by atoms with van der Waals surface area (Å²) in [5, 5.41) is 0.653. The summed E-state index contributed by atoms with van der Waals surface area (Å²) in [5.41, 5.74) is 12.2. The van der Waals surface area contributed by atoms with E-state index in [4.69, 9.17) is 16.2 Å². The molecule has 1 aromatic carbocycles. The number of ether oxygens (including phenoxy) is 1. The van der Waals surface area contributed by atoms with Gasteiger partial charge in [-0.25, -0.2) is 17.7 Å². The summed E-state index contributed by atoms with van der Waals surface area (Å²) < 4.78 is 30.5. The molecule has 1 fully saturated rings. The molecule has 1 aliphatic rings. The predicted octanol–water partition coefficient (Wildman–Crippen LogP) is 0.845. The minimum absolute atomic E-state index is 0.130. The first kappa shape index (κ1) is 16.7. The lowest BCUT2D eigenvalue weighted by Crippen LogP contribution is -2.39. The van der Waals surface area contributed by atoms with E-state index >= 15 is 0 Å². The molecule has 3 rings (SSSR count). The number of piperidine rings is 1. The maximum Gasteiger partial charge on any atom is 0.222 e. The molecule has 0 atom stereocenters. The van der Waals surface area contributed by atoms with Gasteiger partial charge in [0.1, 0.15) is 11.6 Å². The fourth-order valence-electron chi connectivity index (χ4n) is 2.93. The molecule has 2 heterocycles. The van der Waals surface area contributed by atoms with Crippen molar-refractivity contribution in [2.45, 2.75) is 12.8 Å². The highest BCUT2D eigenvalue weighted by Gasteiger charge is 2.25. The van der Waals surface area contributed by atoms with Crippen LogP contribution in [0.1, 0.15) is 12.8 Å². The Balaban J connectivity index is 1.69. The summed E-state index contributed by atoms with van der Waals surface area (Å²) in [5.74, 6) is 1.34. The zero-order valence-corrected chi connectivity index (χ0v) is 14.3. The maximum absolute atomic E-state index is 11.5. The van der Waals surface area contributed by atoms with E-state index < -0.39 is 10.0 Å². The SMILES string of the molecule is CS(=O)(=O)N1CCC(COc2cccc3nc(N)nc(N)c23)CC1. The molecule has 4 N–H and O–H groups in total. The molecule has 1 aliphatic heterocycles. The summed E-state index contributed by atoms with van der Waals surface area (Å²) in [6.45, 7) is 1.56. The third-order valence-electron chi connectivity index (χ3n) is 4.25. The summed E-state index contributed by atoms with van der Waals surface area (Å²) >= 11 is 0. The third-order valence-corrected chi connectivity index (χ3v) is 5.55. The lowest BCUT2D eigenvalue weighted by atomic mass is 9.99. The summed E-state index contributed by atoms with van der Waals surface area (Å²) in [7, 11) is -3.11. The number of fused-ring (bicyclic) bond motifs is 1. The number of nitrogen functional groups attached to an aromatic ring is 2. The molecule has 0 aliphatic carbocycles. The van der Waals surface area contributed by atoms with Crippen LogP contribution in [-0.2, 0) is 10.0 Å². The molecule has 1 aromatic heterocycles. The summed E-state index contributed by atoms with van der Waals surface area (Å²) in [6, 6.07) is 5.46. The van der Waals surface area contributed by atoms with E-state index in [-0.39, 0.29) is 5.95 Å². The zero-order chi connectivity index (χ0) is 17.3. The van der Waals surface area contributed by atoms with Crippen LogP contribution in [0.3, 0.4) is 0 Å². The highest BCUT2D eigenvalue weighted by atomic mass is 32.2. The van der Waals surface area contributed by atoms with Crippen LogP contribution < -0.4 is 16.2 Å². The molecule has 0 amide bonds. The molecular formula is C15H21N5O3S. The van der Waals surface area contributed by atoms with Crippen LogP contribution in [0.5, 0.6) is 5.75 Å². The van der Waals surface area contributed by atoms with Gasteiger partial charge in [-0.15, -0.1) is 0 Å². The van der Waals surface area contributed by atoms with Gasteiger partial charge in [0.15, 0.2) is 0 Å². The first-order valence-corrected chi connectivity index (χ1v) is 9.59. The number of benzene rings is 1. The van der Waals surface area contributed by atoms with E-state index in [0.29, 0.717) is 48.1 Å². The van der Waals surface area contributed by atoms with Crippen LogP contribution in [0.2, 0.25) is 0 Å². The Morgan fingerprint density at radius 2 is 1.96 bits per heavy atom. The fourth-order valence-corrected chi connectivity index (χ4v) is 3.81. The number of rotatable bonds is 4. The fraction of sp³-hybridized carbons (Fsp3) is 0.467. The van der Waals surface area contributed by atoms with Gasteiger partial charge >= 0.3 is 0 Å². The van der Waals surface area contributed by atoms with Crippen molar-refractivity contribution in [3.8, 4) is 5.75 Å². The second kappa shape index (κ2) is 6.40. The van der Waals surface area contributed by atoms with Crippen LogP contribution in [0.4, 0.5) is 11.8 Å². The summed E-state index contributed by atoms with van der Waals surface area (Å²) in [4.78, 5) is 8.15. The minimum atomic E-state index is -3.11. The van der Waals surface area contributed by atoms with E-state index in [1.54, 1.807) is 6.07 Å². The molecule has 0 radical (unpaired) electrons. The third kappa shape index (κ3) is 3.51. The molecular weight excluding hydrogens is 330 g/mol. The Morgan fingerprint density at radius 3 is 2.62 bits per heavy atom. The Labute approximate surface area is 140 Å². The largest absolute Gasteiger partial charge is 0.492 e. The first-order valence-electron chi connectivity index (χ1n) is 7.74. The van der Waals surface area contributed by atoms with Crippen molar-refractivity contribution in [1.29, 1.82) is 0 Å². The normalized spacial score (nSPS) is 17.2. The number of aromatic nitrogens is 2. The van der Waals surface area contributed by atoms with Crippen molar-refractivity contribution >= 4 is 32.7 Å². The lowest BCUT2D eigenvalue weighted by molar-refractivity contribution is 0.187. The molecule has 0 unspecified atom stereocenters. The molecule has 8 nitrogen and oxygen atoms in total. The monoisotopic (exact) mass is 351 g/mol. The van der Waals surface area contributed by atoms with Crippen LogP contribution in [0.25, 0.3) is 10.9 Å². The van der Waals surface area contributed by atoms with Gasteiger partial charge in [-0.05, 0) is 30.9 Å². The van der Waals surface area contributed by atoms with Crippen molar-refractivity contribution < 1.29 is 13.2 Å². The van der Waals surface area contributed by atoms with Gasteiger partial charge in [-0.1, -0.05) is 6.07 Å². The van der Waals surface area contributed by atoms with Gasteiger partial charge < -0.3 is 16.2 Å². The zero-order valence-electron chi connectivity index (χ0n) is 13.5. The molecule has 9 heteroatoms.